The van der Waals surface area contributed by atoms with Gasteiger partial charge in [-0.3, -0.25) is 10.1 Å². The Labute approximate surface area is 123 Å². The van der Waals surface area contributed by atoms with Crippen LogP contribution in [0.3, 0.4) is 0 Å². The largest absolute Gasteiger partial charge is 0.361 e. The van der Waals surface area contributed by atoms with Crippen molar-refractivity contribution in [2.24, 2.45) is 5.92 Å². The van der Waals surface area contributed by atoms with Crippen molar-refractivity contribution < 1.29 is 4.92 Å². The lowest BCUT2D eigenvalue weighted by atomic mass is 9.94. The molecule has 0 spiro atoms. The van der Waals surface area contributed by atoms with Gasteiger partial charge in [0.25, 0.3) is 0 Å². The summed E-state index contributed by atoms with van der Waals surface area (Å²) in [6.07, 6.45) is 11.1. The third kappa shape index (κ3) is 3.68. The quantitative estimate of drug-likeness (QED) is 0.475. The van der Waals surface area contributed by atoms with E-state index in [0.29, 0.717) is 23.7 Å². The molecule has 0 aromatic carbocycles. The molecule has 1 saturated carbocycles. The summed E-state index contributed by atoms with van der Waals surface area (Å²) in [4.78, 5) is 18.9. The molecule has 1 heterocycles. The van der Waals surface area contributed by atoms with E-state index >= 15 is 0 Å². The van der Waals surface area contributed by atoms with E-state index in [0.717, 1.165) is 38.6 Å². The van der Waals surface area contributed by atoms with Gasteiger partial charge < -0.3 is 10.6 Å². The van der Waals surface area contributed by atoms with Gasteiger partial charge in [0.1, 0.15) is 6.20 Å². The Balaban J connectivity index is 1.66. The highest BCUT2D eigenvalue weighted by Gasteiger charge is 2.26. The molecule has 0 saturated heterocycles. The lowest BCUT2D eigenvalue weighted by molar-refractivity contribution is -0.384. The third-order valence-corrected chi connectivity index (χ3v) is 3.81. The maximum atomic E-state index is 11.0. The molecule has 0 radical (unpaired) electrons. The summed E-state index contributed by atoms with van der Waals surface area (Å²) >= 11 is 0. The predicted molar refractivity (Wildman–Crippen MR) is 80.3 cm³/mol. The van der Waals surface area contributed by atoms with Crippen molar-refractivity contribution >= 4 is 17.5 Å². The predicted octanol–water partition coefficient (Wildman–Crippen LogP) is 2.73. The molecule has 1 fully saturated rings. The highest BCUT2D eigenvalue weighted by Crippen LogP contribution is 2.29. The maximum Gasteiger partial charge on any atom is 0.329 e. The van der Waals surface area contributed by atoms with Crippen molar-refractivity contribution in [3.63, 3.8) is 0 Å². The highest BCUT2D eigenvalue weighted by molar-refractivity contribution is 5.58. The van der Waals surface area contributed by atoms with E-state index in [1.54, 1.807) is 0 Å². The van der Waals surface area contributed by atoms with Gasteiger partial charge in [-0.1, -0.05) is 12.2 Å². The summed E-state index contributed by atoms with van der Waals surface area (Å²) < 4.78 is 0. The lowest BCUT2D eigenvalue weighted by Gasteiger charge is -2.18. The van der Waals surface area contributed by atoms with Crippen LogP contribution in [0.4, 0.5) is 17.5 Å². The van der Waals surface area contributed by atoms with Crippen LogP contribution in [0.1, 0.15) is 32.1 Å². The number of anilines is 2. The summed E-state index contributed by atoms with van der Waals surface area (Å²) in [5, 5.41) is 17.3. The van der Waals surface area contributed by atoms with Crippen molar-refractivity contribution in [2.75, 3.05) is 17.2 Å². The SMILES string of the molecule is O=[N+]([O-])c1cnc(NCC2CC=CCC2)nc1NC1CC1. The van der Waals surface area contributed by atoms with Crippen LogP contribution in [0.15, 0.2) is 18.3 Å². The Hall–Kier alpha value is -2.18. The molecule has 3 rings (SSSR count). The molecule has 1 unspecified atom stereocenters. The fraction of sp³-hybridized carbons (Fsp3) is 0.571. The van der Waals surface area contributed by atoms with Crippen molar-refractivity contribution in [1.82, 2.24) is 9.97 Å². The van der Waals surface area contributed by atoms with Crippen LogP contribution >= 0.6 is 0 Å². The van der Waals surface area contributed by atoms with Crippen LogP contribution in [-0.2, 0) is 0 Å². The molecule has 112 valence electrons. The molecule has 2 N–H and O–H groups in total. The Morgan fingerprint density at radius 2 is 2.19 bits per heavy atom. The minimum Gasteiger partial charge on any atom is -0.361 e. The minimum absolute atomic E-state index is 0.0620. The molecule has 0 amide bonds. The standard InChI is InChI=1S/C14H19N5O2/c20-19(21)12-9-16-14(18-13(12)17-11-6-7-11)15-8-10-4-2-1-3-5-10/h1-2,9-11H,3-8H2,(H2,15,16,17,18). The lowest BCUT2D eigenvalue weighted by Crippen LogP contribution is -2.17. The molecular formula is C14H19N5O2. The van der Waals surface area contributed by atoms with Crippen LogP contribution in [0, 0.1) is 16.0 Å². The van der Waals surface area contributed by atoms with E-state index in [9.17, 15) is 10.1 Å². The monoisotopic (exact) mass is 289 g/mol. The van der Waals surface area contributed by atoms with E-state index in [-0.39, 0.29) is 5.69 Å². The first kappa shape index (κ1) is 13.8. The van der Waals surface area contributed by atoms with Crippen LogP contribution < -0.4 is 10.6 Å². The van der Waals surface area contributed by atoms with Gasteiger partial charge in [0, 0.05) is 12.6 Å². The fourth-order valence-electron chi connectivity index (χ4n) is 2.40. The number of nitrogens with zero attached hydrogens (tertiary/aromatic N) is 3. The second kappa shape index (κ2) is 6.07. The Bertz CT molecular complexity index is 556. The van der Waals surface area contributed by atoms with Crippen LogP contribution in [0.2, 0.25) is 0 Å². The summed E-state index contributed by atoms with van der Waals surface area (Å²) in [7, 11) is 0. The van der Waals surface area contributed by atoms with Gasteiger partial charge in [-0.2, -0.15) is 4.98 Å². The molecule has 2 aliphatic carbocycles. The smallest absolute Gasteiger partial charge is 0.329 e. The number of hydrogen-bond acceptors (Lipinski definition) is 6. The average Bonchev–Trinajstić information content (AvgIpc) is 3.30. The van der Waals surface area contributed by atoms with Gasteiger partial charge in [0.05, 0.1) is 4.92 Å². The van der Waals surface area contributed by atoms with Gasteiger partial charge >= 0.3 is 5.69 Å². The molecule has 1 aromatic rings. The molecule has 1 aromatic heterocycles. The first-order valence-electron chi connectivity index (χ1n) is 7.39. The number of nitrogens with one attached hydrogen (secondary N) is 2. The van der Waals surface area contributed by atoms with Gasteiger partial charge in [-0.25, -0.2) is 4.98 Å². The van der Waals surface area contributed by atoms with Crippen molar-refractivity contribution in [2.45, 2.75) is 38.1 Å². The second-order valence-electron chi connectivity index (χ2n) is 5.63. The first-order valence-corrected chi connectivity index (χ1v) is 7.39. The molecule has 2 aliphatic rings. The van der Waals surface area contributed by atoms with Crippen molar-refractivity contribution in [3.05, 3.63) is 28.5 Å². The van der Waals surface area contributed by atoms with Crippen LogP contribution in [0.5, 0.6) is 0 Å². The molecular weight excluding hydrogens is 270 g/mol. The van der Waals surface area contributed by atoms with Crippen LogP contribution in [0.25, 0.3) is 0 Å². The minimum atomic E-state index is -0.444. The molecule has 1 atom stereocenters. The van der Waals surface area contributed by atoms with E-state index in [2.05, 4.69) is 32.8 Å². The Morgan fingerprint density at radius 1 is 1.33 bits per heavy atom. The van der Waals surface area contributed by atoms with Crippen molar-refractivity contribution in [1.29, 1.82) is 0 Å². The normalized spacial score (nSPS) is 21.0. The maximum absolute atomic E-state index is 11.0. The summed E-state index contributed by atoms with van der Waals surface area (Å²) in [5.41, 5.74) is -0.0620. The zero-order chi connectivity index (χ0) is 14.7. The van der Waals surface area contributed by atoms with E-state index in [1.807, 2.05) is 0 Å². The third-order valence-electron chi connectivity index (χ3n) is 3.81. The first-order chi connectivity index (χ1) is 10.2. The molecule has 0 aliphatic heterocycles. The van der Waals surface area contributed by atoms with Gasteiger partial charge in [-0.15, -0.1) is 0 Å². The van der Waals surface area contributed by atoms with Crippen LogP contribution in [-0.4, -0.2) is 27.5 Å². The summed E-state index contributed by atoms with van der Waals surface area (Å²) in [6, 6.07) is 0.315. The van der Waals surface area contributed by atoms with Gasteiger partial charge in [0.15, 0.2) is 0 Å². The number of aromatic nitrogens is 2. The second-order valence-corrected chi connectivity index (χ2v) is 5.63. The highest BCUT2D eigenvalue weighted by atomic mass is 16.6. The number of rotatable bonds is 6. The summed E-state index contributed by atoms with van der Waals surface area (Å²) in [5.74, 6) is 1.36. The molecule has 7 nitrogen and oxygen atoms in total. The van der Waals surface area contributed by atoms with Gasteiger partial charge in [0.2, 0.25) is 11.8 Å². The molecule has 21 heavy (non-hydrogen) atoms. The molecule has 7 heteroatoms. The average molecular weight is 289 g/mol. The van der Waals surface area contributed by atoms with E-state index < -0.39 is 4.92 Å². The van der Waals surface area contributed by atoms with Crippen molar-refractivity contribution in [3.8, 4) is 0 Å². The van der Waals surface area contributed by atoms with E-state index in [4.69, 9.17) is 0 Å². The zero-order valence-corrected chi connectivity index (χ0v) is 11.8. The molecule has 0 bridgehead atoms. The Kier molecular flexibility index (Phi) is 3.98. The van der Waals surface area contributed by atoms with E-state index in [1.165, 1.54) is 6.20 Å². The number of allylic oxidation sites excluding steroid dienone is 2. The number of nitro groups is 1. The Morgan fingerprint density at radius 3 is 2.86 bits per heavy atom. The zero-order valence-electron chi connectivity index (χ0n) is 11.8. The fourth-order valence-corrected chi connectivity index (χ4v) is 2.40. The topological polar surface area (TPSA) is 93.0 Å². The number of hydrogen-bond donors (Lipinski definition) is 2. The summed E-state index contributed by atoms with van der Waals surface area (Å²) in [6.45, 7) is 0.797. The van der Waals surface area contributed by atoms with Gasteiger partial charge in [-0.05, 0) is 38.0 Å².